The summed E-state index contributed by atoms with van der Waals surface area (Å²) in [5.41, 5.74) is 0.0305. The van der Waals surface area contributed by atoms with Crippen LogP contribution in [0.3, 0.4) is 0 Å². The van der Waals surface area contributed by atoms with Gasteiger partial charge in [0.15, 0.2) is 41.1 Å². The van der Waals surface area contributed by atoms with Crippen LogP contribution in [0.15, 0.2) is 48.5 Å². The van der Waals surface area contributed by atoms with Gasteiger partial charge in [0.2, 0.25) is 0 Å². The highest BCUT2D eigenvalue weighted by Crippen LogP contribution is 2.31. The molecule has 3 aromatic carbocycles. The quantitative estimate of drug-likeness (QED) is 0.353. The Morgan fingerprint density at radius 2 is 1.38 bits per heavy atom. The molecule has 1 heterocycles. The molecule has 0 radical (unpaired) electrons. The predicted molar refractivity (Wildman–Crippen MR) is 102 cm³/mol. The van der Waals surface area contributed by atoms with Gasteiger partial charge in [-0.15, -0.1) is 0 Å². The van der Waals surface area contributed by atoms with Crippen molar-refractivity contribution in [2.75, 3.05) is 19.8 Å². The van der Waals surface area contributed by atoms with Gasteiger partial charge in [-0.05, 0) is 35.9 Å². The fraction of sp³-hybridized carbons (Fsp3) is 0.217. The molecule has 0 atom stereocenters. The van der Waals surface area contributed by atoms with Gasteiger partial charge >= 0.3 is 0 Å². The van der Waals surface area contributed by atoms with Crippen LogP contribution in [0.5, 0.6) is 5.75 Å². The van der Waals surface area contributed by atoms with Crippen LogP contribution in [-0.4, -0.2) is 19.8 Å². The van der Waals surface area contributed by atoms with Gasteiger partial charge in [-0.25, -0.2) is 26.3 Å². The van der Waals surface area contributed by atoms with E-state index in [1.807, 2.05) is 0 Å². The molecular formula is C23H16F6O3. The lowest BCUT2D eigenvalue weighted by molar-refractivity contribution is -0.208. The lowest BCUT2D eigenvalue weighted by Crippen LogP contribution is -2.31. The summed E-state index contributed by atoms with van der Waals surface area (Å²) in [7, 11) is 0. The Morgan fingerprint density at radius 1 is 0.750 bits per heavy atom. The van der Waals surface area contributed by atoms with Crippen molar-refractivity contribution in [1.29, 1.82) is 0 Å². The Labute approximate surface area is 179 Å². The van der Waals surface area contributed by atoms with Crippen LogP contribution < -0.4 is 4.74 Å². The number of ether oxygens (including phenoxy) is 3. The Bertz CT molecular complexity index is 1090. The number of rotatable bonds is 5. The van der Waals surface area contributed by atoms with E-state index in [1.165, 1.54) is 18.2 Å². The molecule has 0 bridgehead atoms. The molecule has 0 unspecified atom stereocenters. The highest BCUT2D eigenvalue weighted by Gasteiger charge is 2.26. The molecule has 9 heteroatoms. The fourth-order valence-electron chi connectivity index (χ4n) is 3.28. The standard InChI is InChI=1S/C23H16F6O3/c24-16-2-1-3-17(25)22(16)30-9-12-10-31-23(32-11-12)13-4-5-15(18(26)6-13)14-7-19(27)21(29)20(28)8-14/h1-8,12,23H,9-11H2. The van der Waals surface area contributed by atoms with Gasteiger partial charge in [-0.1, -0.05) is 18.2 Å². The molecule has 1 aliphatic heterocycles. The minimum atomic E-state index is -1.63. The second kappa shape index (κ2) is 9.22. The summed E-state index contributed by atoms with van der Waals surface area (Å²) in [5.74, 6) is -7.74. The van der Waals surface area contributed by atoms with E-state index in [0.29, 0.717) is 17.7 Å². The average molecular weight is 454 g/mol. The molecule has 1 aliphatic rings. The van der Waals surface area contributed by atoms with E-state index in [0.717, 1.165) is 18.2 Å². The van der Waals surface area contributed by atoms with Gasteiger partial charge in [-0.2, -0.15) is 0 Å². The van der Waals surface area contributed by atoms with Crippen LogP contribution in [0.2, 0.25) is 0 Å². The van der Waals surface area contributed by atoms with E-state index in [4.69, 9.17) is 14.2 Å². The number of halogens is 6. The number of benzene rings is 3. The third-order valence-corrected chi connectivity index (χ3v) is 4.91. The monoisotopic (exact) mass is 454 g/mol. The highest BCUT2D eigenvalue weighted by molar-refractivity contribution is 5.64. The van der Waals surface area contributed by atoms with Gasteiger partial charge in [0.05, 0.1) is 19.8 Å². The summed E-state index contributed by atoms with van der Waals surface area (Å²) in [6, 6.07) is 8.60. The van der Waals surface area contributed by atoms with Gasteiger partial charge < -0.3 is 14.2 Å². The molecule has 3 nitrogen and oxygen atoms in total. The smallest absolute Gasteiger partial charge is 0.194 e. The van der Waals surface area contributed by atoms with E-state index in [-0.39, 0.29) is 36.9 Å². The average Bonchev–Trinajstić information content (AvgIpc) is 2.77. The van der Waals surface area contributed by atoms with Crippen molar-refractivity contribution in [3.8, 4) is 16.9 Å². The highest BCUT2D eigenvalue weighted by atomic mass is 19.2. The summed E-state index contributed by atoms with van der Waals surface area (Å²) in [5, 5.41) is 0. The van der Waals surface area contributed by atoms with Gasteiger partial charge in [0.1, 0.15) is 5.82 Å². The summed E-state index contributed by atoms with van der Waals surface area (Å²) < 4.78 is 98.2. The van der Waals surface area contributed by atoms with E-state index in [2.05, 4.69) is 0 Å². The summed E-state index contributed by atoms with van der Waals surface area (Å²) in [6.07, 6.45) is -0.915. The molecule has 32 heavy (non-hydrogen) atoms. The molecular weight excluding hydrogens is 438 g/mol. The lowest BCUT2D eigenvalue weighted by atomic mass is 10.0. The van der Waals surface area contributed by atoms with Crippen molar-refractivity contribution < 1.29 is 40.6 Å². The van der Waals surface area contributed by atoms with Crippen molar-refractivity contribution >= 4 is 0 Å². The SMILES string of the molecule is Fc1cc(C2OCC(COc3c(F)cccc3F)CO2)ccc1-c1cc(F)c(F)c(F)c1. The molecule has 0 aromatic heterocycles. The van der Waals surface area contributed by atoms with Crippen LogP contribution in [0.25, 0.3) is 11.1 Å². The third kappa shape index (κ3) is 4.58. The molecule has 168 valence electrons. The summed E-state index contributed by atoms with van der Waals surface area (Å²) >= 11 is 0. The van der Waals surface area contributed by atoms with E-state index in [1.54, 1.807) is 0 Å². The van der Waals surface area contributed by atoms with Crippen LogP contribution in [0.4, 0.5) is 26.3 Å². The molecule has 0 aliphatic carbocycles. The maximum atomic E-state index is 14.6. The maximum Gasteiger partial charge on any atom is 0.194 e. The first-order valence-electron chi connectivity index (χ1n) is 9.58. The summed E-state index contributed by atoms with van der Waals surface area (Å²) in [4.78, 5) is 0. The Hall–Kier alpha value is -3.04. The van der Waals surface area contributed by atoms with Crippen molar-refractivity contribution in [1.82, 2.24) is 0 Å². The normalized spacial score (nSPS) is 18.6. The molecule has 0 amide bonds. The fourth-order valence-corrected chi connectivity index (χ4v) is 3.28. The first-order valence-corrected chi connectivity index (χ1v) is 9.58. The Kier molecular flexibility index (Phi) is 6.38. The van der Waals surface area contributed by atoms with Crippen LogP contribution in [0.1, 0.15) is 11.9 Å². The van der Waals surface area contributed by atoms with Gasteiger partial charge in [-0.3, -0.25) is 0 Å². The zero-order valence-corrected chi connectivity index (χ0v) is 16.4. The first-order chi connectivity index (χ1) is 15.3. The molecule has 0 spiro atoms. The van der Waals surface area contributed by atoms with Crippen molar-refractivity contribution in [3.63, 3.8) is 0 Å². The minimum Gasteiger partial charge on any atom is -0.487 e. The van der Waals surface area contributed by atoms with E-state index in [9.17, 15) is 26.3 Å². The molecule has 1 fully saturated rings. The van der Waals surface area contributed by atoms with E-state index < -0.39 is 46.9 Å². The Morgan fingerprint density at radius 3 is 1.97 bits per heavy atom. The zero-order valence-electron chi connectivity index (χ0n) is 16.4. The second-order valence-electron chi connectivity index (χ2n) is 7.22. The van der Waals surface area contributed by atoms with Gasteiger partial charge in [0.25, 0.3) is 0 Å². The minimum absolute atomic E-state index is 0.0560. The number of para-hydroxylation sites is 1. The maximum absolute atomic E-state index is 14.6. The van der Waals surface area contributed by atoms with Gasteiger partial charge in [0, 0.05) is 17.0 Å². The topological polar surface area (TPSA) is 27.7 Å². The molecule has 4 rings (SSSR count). The zero-order chi connectivity index (χ0) is 22.8. The summed E-state index contributed by atoms with van der Waals surface area (Å²) in [6.45, 7) is 0.191. The molecule has 3 aromatic rings. The molecule has 0 saturated carbocycles. The lowest BCUT2D eigenvalue weighted by Gasteiger charge is -2.29. The third-order valence-electron chi connectivity index (χ3n) is 4.91. The first kappa shape index (κ1) is 22.2. The van der Waals surface area contributed by atoms with Crippen LogP contribution in [0, 0.1) is 40.8 Å². The number of hydrogen-bond donors (Lipinski definition) is 0. The predicted octanol–water partition coefficient (Wildman–Crippen LogP) is 5.93. The Balaban J connectivity index is 1.39. The van der Waals surface area contributed by atoms with E-state index >= 15 is 0 Å². The molecule has 1 saturated heterocycles. The second-order valence-corrected chi connectivity index (χ2v) is 7.22. The number of hydrogen-bond acceptors (Lipinski definition) is 3. The van der Waals surface area contributed by atoms with Crippen LogP contribution >= 0.6 is 0 Å². The van der Waals surface area contributed by atoms with Crippen molar-refractivity contribution in [3.05, 3.63) is 89.0 Å². The largest absolute Gasteiger partial charge is 0.487 e. The van der Waals surface area contributed by atoms with Crippen LogP contribution in [-0.2, 0) is 9.47 Å². The molecule has 0 N–H and O–H groups in total. The van der Waals surface area contributed by atoms with Crippen molar-refractivity contribution in [2.24, 2.45) is 5.92 Å². The van der Waals surface area contributed by atoms with Crippen molar-refractivity contribution in [2.45, 2.75) is 6.29 Å².